The second kappa shape index (κ2) is 5.92. The summed E-state index contributed by atoms with van der Waals surface area (Å²) in [6, 6.07) is 0. The van der Waals surface area contributed by atoms with E-state index >= 15 is 0 Å². The normalized spacial score (nSPS) is 34.2. The standard InChI is InChI=1S/C15H28/c1-2-8-13-11-6-7-12-15(13)14-9-4-3-5-10-14/h13-15H,2-12H2,1H3/t13-,15+/m0/s1. The molecule has 2 fully saturated rings. The van der Waals surface area contributed by atoms with E-state index in [9.17, 15) is 0 Å². The Morgan fingerprint density at radius 3 is 2.20 bits per heavy atom. The lowest BCUT2D eigenvalue weighted by Crippen LogP contribution is -2.28. The Labute approximate surface area is 95.8 Å². The third-order valence-corrected chi connectivity index (χ3v) is 4.88. The van der Waals surface area contributed by atoms with Crippen molar-refractivity contribution in [3.63, 3.8) is 0 Å². The first-order valence-corrected chi connectivity index (χ1v) is 7.42. The zero-order valence-electron chi connectivity index (χ0n) is 10.5. The molecule has 0 saturated heterocycles. The van der Waals surface area contributed by atoms with Crippen LogP contribution in [0.25, 0.3) is 0 Å². The minimum Gasteiger partial charge on any atom is -0.0654 e. The summed E-state index contributed by atoms with van der Waals surface area (Å²) in [5.74, 6) is 3.35. The molecule has 0 aromatic carbocycles. The summed E-state index contributed by atoms with van der Waals surface area (Å²) in [6.45, 7) is 2.37. The van der Waals surface area contributed by atoms with E-state index in [1.54, 1.807) is 25.7 Å². The molecule has 15 heavy (non-hydrogen) atoms. The van der Waals surface area contributed by atoms with Crippen LogP contribution in [0.4, 0.5) is 0 Å². The molecular weight excluding hydrogens is 180 g/mol. The van der Waals surface area contributed by atoms with Gasteiger partial charge < -0.3 is 0 Å². The van der Waals surface area contributed by atoms with Gasteiger partial charge in [-0.25, -0.2) is 0 Å². The smallest absolute Gasteiger partial charge is 0.0357 e. The maximum atomic E-state index is 2.37. The maximum absolute atomic E-state index is 2.37. The molecule has 2 rings (SSSR count). The third kappa shape index (κ3) is 2.98. The molecule has 0 unspecified atom stereocenters. The van der Waals surface area contributed by atoms with Crippen LogP contribution in [0.2, 0.25) is 0 Å². The Morgan fingerprint density at radius 1 is 0.800 bits per heavy atom. The molecule has 0 radical (unpaired) electrons. The molecule has 2 aliphatic rings. The highest BCUT2D eigenvalue weighted by Gasteiger charge is 2.31. The van der Waals surface area contributed by atoms with Gasteiger partial charge in [-0.05, 0) is 24.2 Å². The van der Waals surface area contributed by atoms with Crippen LogP contribution in [0.1, 0.15) is 77.6 Å². The highest BCUT2D eigenvalue weighted by Crippen LogP contribution is 2.43. The molecule has 0 aromatic rings. The van der Waals surface area contributed by atoms with E-state index in [4.69, 9.17) is 0 Å². The first-order chi connectivity index (χ1) is 7.42. The minimum atomic E-state index is 1.10. The fourth-order valence-corrected chi connectivity index (χ4v) is 4.15. The van der Waals surface area contributed by atoms with Gasteiger partial charge in [0, 0.05) is 0 Å². The van der Waals surface area contributed by atoms with Crippen LogP contribution < -0.4 is 0 Å². The van der Waals surface area contributed by atoms with E-state index in [2.05, 4.69) is 6.92 Å². The minimum absolute atomic E-state index is 1.10. The van der Waals surface area contributed by atoms with Crippen molar-refractivity contribution in [3.05, 3.63) is 0 Å². The molecule has 2 saturated carbocycles. The second-order valence-corrected chi connectivity index (χ2v) is 5.90. The quantitative estimate of drug-likeness (QED) is 0.600. The molecule has 0 N–H and O–H groups in total. The largest absolute Gasteiger partial charge is 0.0654 e. The number of hydrogen-bond donors (Lipinski definition) is 0. The van der Waals surface area contributed by atoms with Gasteiger partial charge in [-0.15, -0.1) is 0 Å². The molecule has 2 atom stereocenters. The van der Waals surface area contributed by atoms with Gasteiger partial charge in [0.05, 0.1) is 0 Å². The Kier molecular flexibility index (Phi) is 4.53. The van der Waals surface area contributed by atoms with Gasteiger partial charge in [0.15, 0.2) is 0 Å². The molecule has 0 amide bonds. The van der Waals surface area contributed by atoms with Gasteiger partial charge in [-0.2, -0.15) is 0 Å². The lowest BCUT2D eigenvalue weighted by Gasteiger charge is -2.39. The van der Waals surface area contributed by atoms with Crippen molar-refractivity contribution in [1.29, 1.82) is 0 Å². The average molecular weight is 208 g/mol. The molecule has 2 aliphatic carbocycles. The maximum Gasteiger partial charge on any atom is -0.0357 e. The van der Waals surface area contributed by atoms with Crippen LogP contribution >= 0.6 is 0 Å². The zero-order chi connectivity index (χ0) is 10.5. The van der Waals surface area contributed by atoms with Crippen molar-refractivity contribution in [2.45, 2.75) is 77.6 Å². The van der Waals surface area contributed by atoms with Gasteiger partial charge in [0.1, 0.15) is 0 Å². The Morgan fingerprint density at radius 2 is 1.47 bits per heavy atom. The third-order valence-electron chi connectivity index (χ3n) is 4.88. The summed E-state index contributed by atoms with van der Waals surface area (Å²) in [5.41, 5.74) is 0. The highest BCUT2D eigenvalue weighted by molar-refractivity contribution is 4.82. The lowest BCUT2D eigenvalue weighted by molar-refractivity contribution is 0.121. The van der Waals surface area contributed by atoms with E-state index in [0.717, 1.165) is 17.8 Å². The van der Waals surface area contributed by atoms with Crippen LogP contribution in [-0.2, 0) is 0 Å². The molecule has 0 nitrogen and oxygen atoms in total. The average Bonchev–Trinajstić information content (AvgIpc) is 2.31. The van der Waals surface area contributed by atoms with Crippen molar-refractivity contribution < 1.29 is 0 Å². The van der Waals surface area contributed by atoms with Crippen LogP contribution in [-0.4, -0.2) is 0 Å². The van der Waals surface area contributed by atoms with Crippen LogP contribution in [0, 0.1) is 17.8 Å². The fraction of sp³-hybridized carbons (Fsp3) is 1.00. The molecule has 88 valence electrons. The lowest BCUT2D eigenvalue weighted by atomic mass is 9.67. The topological polar surface area (TPSA) is 0 Å². The Bertz CT molecular complexity index is 154. The number of hydrogen-bond acceptors (Lipinski definition) is 0. The Balaban J connectivity index is 1.90. The molecule has 0 spiro atoms. The molecule has 0 aliphatic heterocycles. The van der Waals surface area contributed by atoms with E-state index < -0.39 is 0 Å². The second-order valence-electron chi connectivity index (χ2n) is 5.90. The SMILES string of the molecule is CCC[C@H]1CCCC[C@H]1C1CCCCC1. The first kappa shape index (κ1) is 11.5. The highest BCUT2D eigenvalue weighted by atomic mass is 14.4. The predicted molar refractivity (Wildman–Crippen MR) is 66.9 cm³/mol. The summed E-state index contributed by atoms with van der Waals surface area (Å²) in [7, 11) is 0. The van der Waals surface area contributed by atoms with Crippen molar-refractivity contribution in [2.24, 2.45) is 17.8 Å². The van der Waals surface area contributed by atoms with Gasteiger partial charge in [0.2, 0.25) is 0 Å². The summed E-state index contributed by atoms with van der Waals surface area (Å²) in [4.78, 5) is 0. The summed E-state index contributed by atoms with van der Waals surface area (Å²) in [5, 5.41) is 0. The summed E-state index contributed by atoms with van der Waals surface area (Å²) >= 11 is 0. The van der Waals surface area contributed by atoms with Gasteiger partial charge >= 0.3 is 0 Å². The summed E-state index contributed by atoms with van der Waals surface area (Å²) < 4.78 is 0. The van der Waals surface area contributed by atoms with Gasteiger partial charge in [-0.1, -0.05) is 71.1 Å². The van der Waals surface area contributed by atoms with Crippen LogP contribution in [0.3, 0.4) is 0 Å². The van der Waals surface area contributed by atoms with Crippen LogP contribution in [0.5, 0.6) is 0 Å². The molecule has 0 aromatic heterocycles. The zero-order valence-corrected chi connectivity index (χ0v) is 10.5. The molecule has 0 heteroatoms. The summed E-state index contributed by atoms with van der Waals surface area (Å²) in [6.07, 6.45) is 16.8. The van der Waals surface area contributed by atoms with Crippen molar-refractivity contribution in [3.8, 4) is 0 Å². The monoisotopic (exact) mass is 208 g/mol. The molecule has 0 bridgehead atoms. The van der Waals surface area contributed by atoms with Crippen molar-refractivity contribution >= 4 is 0 Å². The van der Waals surface area contributed by atoms with Gasteiger partial charge in [-0.3, -0.25) is 0 Å². The predicted octanol–water partition coefficient (Wildman–Crippen LogP) is 5.17. The van der Waals surface area contributed by atoms with E-state index in [0.29, 0.717) is 0 Å². The van der Waals surface area contributed by atoms with E-state index in [1.807, 2.05) is 0 Å². The fourth-order valence-electron chi connectivity index (χ4n) is 4.15. The molecular formula is C15H28. The van der Waals surface area contributed by atoms with Crippen LogP contribution in [0.15, 0.2) is 0 Å². The van der Waals surface area contributed by atoms with E-state index in [-0.39, 0.29) is 0 Å². The van der Waals surface area contributed by atoms with E-state index in [1.165, 1.54) is 44.9 Å². The number of rotatable bonds is 3. The Hall–Kier alpha value is 0. The first-order valence-electron chi connectivity index (χ1n) is 7.42. The van der Waals surface area contributed by atoms with Gasteiger partial charge in [0.25, 0.3) is 0 Å². The van der Waals surface area contributed by atoms with Crippen molar-refractivity contribution in [1.82, 2.24) is 0 Å². The van der Waals surface area contributed by atoms with Crippen molar-refractivity contribution in [2.75, 3.05) is 0 Å². The molecule has 0 heterocycles.